The lowest BCUT2D eigenvalue weighted by atomic mass is 10.1. The van der Waals surface area contributed by atoms with Crippen LogP contribution in [0.3, 0.4) is 0 Å². The number of nitrogens with two attached hydrogens (primary N) is 1. The Hall–Kier alpha value is -3.11. The van der Waals surface area contributed by atoms with Crippen molar-refractivity contribution in [2.45, 2.75) is 18.2 Å². The Morgan fingerprint density at radius 1 is 1.30 bits per heavy atom. The maximum atomic E-state index is 13.1. The van der Waals surface area contributed by atoms with E-state index in [4.69, 9.17) is 5.14 Å². The zero-order chi connectivity index (χ0) is 20.2. The Labute approximate surface area is 154 Å². The smallest absolute Gasteiger partial charge is 0.279 e. The van der Waals surface area contributed by atoms with E-state index in [0.29, 0.717) is 12.0 Å². The molecule has 142 valence electrons. The number of halogens is 1. The number of benzene rings is 2. The van der Waals surface area contributed by atoms with Crippen LogP contribution in [-0.2, 0) is 21.2 Å². The highest BCUT2D eigenvalue weighted by molar-refractivity contribution is 7.89. The van der Waals surface area contributed by atoms with Crippen molar-refractivity contribution >= 4 is 33.4 Å². The number of hydrogen-bond acceptors (Lipinski definition) is 5. The first kappa shape index (κ1) is 20.2. The average Bonchev–Trinajstić information content (AvgIpc) is 2.59. The van der Waals surface area contributed by atoms with Crippen LogP contribution in [0, 0.1) is 15.9 Å². The maximum absolute atomic E-state index is 13.1. The minimum absolute atomic E-state index is 0.0445. The van der Waals surface area contributed by atoms with Crippen molar-refractivity contribution in [3.8, 4) is 0 Å². The first-order valence-electron chi connectivity index (χ1n) is 7.70. The van der Waals surface area contributed by atoms with Crippen molar-refractivity contribution in [1.82, 2.24) is 0 Å². The highest BCUT2D eigenvalue weighted by Crippen LogP contribution is 2.22. The quantitative estimate of drug-likeness (QED) is 0.442. The van der Waals surface area contributed by atoms with E-state index in [9.17, 15) is 27.7 Å². The van der Waals surface area contributed by atoms with E-state index in [0.717, 1.165) is 24.3 Å². The number of primary sulfonamides is 1. The van der Waals surface area contributed by atoms with Crippen LogP contribution in [0.15, 0.2) is 47.4 Å². The fourth-order valence-corrected chi connectivity index (χ4v) is 3.22. The minimum atomic E-state index is -3.96. The Kier molecular flexibility index (Phi) is 6.03. The average molecular weight is 393 g/mol. The number of hydrogen-bond donors (Lipinski definition) is 2. The first-order chi connectivity index (χ1) is 12.6. The number of carbonyl (C=O) groups excluding carboxylic acids is 1. The van der Waals surface area contributed by atoms with Crippen LogP contribution in [0.25, 0.3) is 6.08 Å². The molecule has 2 aromatic rings. The molecule has 0 unspecified atom stereocenters. The van der Waals surface area contributed by atoms with Gasteiger partial charge in [-0.25, -0.2) is 17.9 Å². The van der Waals surface area contributed by atoms with Crippen LogP contribution in [0.5, 0.6) is 0 Å². The van der Waals surface area contributed by atoms with Crippen molar-refractivity contribution in [2.24, 2.45) is 5.14 Å². The standard InChI is InChI=1S/C17H16FN3O5S/c1-2-11-4-7-14(10-16(11)27(19,25)26)20-17(22)8-5-12-3-6-13(18)9-15(12)21(23)24/h3-10H,2H2,1H3,(H,20,22)(H2,19,25,26). The van der Waals surface area contributed by atoms with Gasteiger partial charge in [0.25, 0.3) is 5.69 Å². The third kappa shape index (κ3) is 5.19. The number of sulfonamides is 1. The van der Waals surface area contributed by atoms with Gasteiger partial charge in [-0.15, -0.1) is 0 Å². The van der Waals surface area contributed by atoms with Gasteiger partial charge in [0.15, 0.2) is 0 Å². The van der Waals surface area contributed by atoms with E-state index in [1.54, 1.807) is 6.92 Å². The molecule has 0 aliphatic heterocycles. The van der Waals surface area contributed by atoms with Crippen LogP contribution in [0.2, 0.25) is 0 Å². The number of amides is 1. The molecule has 0 aromatic heterocycles. The lowest BCUT2D eigenvalue weighted by Gasteiger charge is -2.09. The van der Waals surface area contributed by atoms with Gasteiger partial charge in [-0.2, -0.15) is 0 Å². The van der Waals surface area contributed by atoms with Crippen molar-refractivity contribution in [1.29, 1.82) is 0 Å². The number of nitro groups is 1. The third-order valence-electron chi connectivity index (χ3n) is 3.63. The van der Waals surface area contributed by atoms with E-state index >= 15 is 0 Å². The van der Waals surface area contributed by atoms with Crippen LogP contribution >= 0.6 is 0 Å². The molecule has 0 bridgehead atoms. The topological polar surface area (TPSA) is 132 Å². The number of nitrogens with one attached hydrogen (secondary N) is 1. The largest absolute Gasteiger partial charge is 0.322 e. The van der Waals surface area contributed by atoms with E-state index in [1.807, 2.05) is 0 Å². The summed E-state index contributed by atoms with van der Waals surface area (Å²) in [5.74, 6) is -1.42. The molecule has 0 saturated heterocycles. The molecule has 2 aromatic carbocycles. The third-order valence-corrected chi connectivity index (χ3v) is 4.62. The van der Waals surface area contributed by atoms with E-state index in [-0.39, 0.29) is 16.1 Å². The second-order valence-corrected chi connectivity index (χ2v) is 7.03. The summed E-state index contributed by atoms with van der Waals surface area (Å²) in [4.78, 5) is 22.1. The summed E-state index contributed by atoms with van der Waals surface area (Å²) in [6.45, 7) is 1.76. The number of aryl methyl sites for hydroxylation is 1. The van der Waals surface area contributed by atoms with Gasteiger partial charge in [0.05, 0.1) is 21.4 Å². The second-order valence-electron chi connectivity index (χ2n) is 5.50. The zero-order valence-electron chi connectivity index (χ0n) is 14.2. The van der Waals surface area contributed by atoms with Crippen molar-refractivity contribution in [2.75, 3.05) is 5.32 Å². The Balaban J connectivity index is 2.24. The number of nitrogens with zero attached hydrogens (tertiary/aromatic N) is 1. The van der Waals surface area contributed by atoms with Gasteiger partial charge in [0.1, 0.15) is 5.82 Å². The van der Waals surface area contributed by atoms with Crippen LogP contribution in [0.1, 0.15) is 18.1 Å². The van der Waals surface area contributed by atoms with Crippen LogP contribution in [-0.4, -0.2) is 19.2 Å². The van der Waals surface area contributed by atoms with Gasteiger partial charge in [0, 0.05) is 11.8 Å². The molecular formula is C17H16FN3O5S. The molecule has 0 aliphatic carbocycles. The molecule has 3 N–H and O–H groups in total. The predicted molar refractivity (Wildman–Crippen MR) is 97.9 cm³/mol. The van der Waals surface area contributed by atoms with E-state index in [2.05, 4.69) is 5.32 Å². The summed E-state index contributed by atoms with van der Waals surface area (Å²) in [6.07, 6.45) is 2.62. The zero-order valence-corrected chi connectivity index (χ0v) is 15.0. The molecule has 0 saturated carbocycles. The molecule has 0 atom stereocenters. The van der Waals surface area contributed by atoms with Gasteiger partial charge >= 0.3 is 0 Å². The maximum Gasteiger partial charge on any atom is 0.279 e. The molecule has 0 radical (unpaired) electrons. The van der Waals surface area contributed by atoms with Crippen molar-refractivity contribution in [3.05, 3.63) is 69.5 Å². The molecule has 0 spiro atoms. The molecule has 27 heavy (non-hydrogen) atoms. The number of carbonyl (C=O) groups is 1. The molecule has 1 amide bonds. The summed E-state index contributed by atoms with van der Waals surface area (Å²) in [5, 5.41) is 18.6. The monoisotopic (exact) mass is 393 g/mol. The molecule has 2 rings (SSSR count). The van der Waals surface area contributed by atoms with Gasteiger partial charge in [0.2, 0.25) is 15.9 Å². The molecule has 0 aliphatic rings. The van der Waals surface area contributed by atoms with E-state index < -0.39 is 32.4 Å². The number of rotatable bonds is 6. The first-order valence-corrected chi connectivity index (χ1v) is 9.25. The summed E-state index contributed by atoms with van der Waals surface area (Å²) in [5.41, 5.74) is 0.262. The molecule has 8 nitrogen and oxygen atoms in total. The lowest BCUT2D eigenvalue weighted by molar-refractivity contribution is -0.385. The van der Waals surface area contributed by atoms with Crippen molar-refractivity contribution < 1.29 is 22.5 Å². The highest BCUT2D eigenvalue weighted by Gasteiger charge is 2.15. The molecule has 10 heteroatoms. The fourth-order valence-electron chi connectivity index (χ4n) is 2.35. The second kappa shape index (κ2) is 8.06. The molecule has 0 heterocycles. The summed E-state index contributed by atoms with van der Waals surface area (Å²) >= 11 is 0. The SMILES string of the molecule is CCc1ccc(NC(=O)C=Cc2ccc(F)cc2[N+](=O)[O-])cc1S(N)(=O)=O. The number of anilines is 1. The van der Waals surface area contributed by atoms with Gasteiger partial charge < -0.3 is 5.32 Å². The van der Waals surface area contributed by atoms with Gasteiger partial charge in [-0.1, -0.05) is 13.0 Å². The van der Waals surface area contributed by atoms with Crippen molar-refractivity contribution in [3.63, 3.8) is 0 Å². The van der Waals surface area contributed by atoms with Gasteiger partial charge in [-0.3, -0.25) is 14.9 Å². The van der Waals surface area contributed by atoms with E-state index in [1.165, 1.54) is 24.3 Å². The lowest BCUT2D eigenvalue weighted by Crippen LogP contribution is -2.16. The van der Waals surface area contributed by atoms with Gasteiger partial charge in [-0.05, 0) is 42.3 Å². The fraction of sp³-hybridized carbons (Fsp3) is 0.118. The molecule has 0 fully saturated rings. The van der Waals surface area contributed by atoms with Crippen LogP contribution in [0.4, 0.5) is 15.8 Å². The minimum Gasteiger partial charge on any atom is -0.322 e. The summed E-state index contributed by atoms with van der Waals surface area (Å²) in [6, 6.07) is 7.24. The predicted octanol–water partition coefficient (Wildman–Crippen LogP) is 2.60. The molecular weight excluding hydrogens is 377 g/mol. The Morgan fingerprint density at radius 3 is 2.59 bits per heavy atom. The number of nitro benzene ring substituents is 1. The summed E-state index contributed by atoms with van der Waals surface area (Å²) < 4.78 is 36.4. The normalized spacial score (nSPS) is 11.5. The summed E-state index contributed by atoms with van der Waals surface area (Å²) in [7, 11) is -3.96. The Morgan fingerprint density at radius 2 is 2.00 bits per heavy atom. The highest BCUT2D eigenvalue weighted by atomic mass is 32.2. The van der Waals surface area contributed by atoms with Crippen LogP contribution < -0.4 is 10.5 Å². The Bertz CT molecular complexity index is 1030.